The SMILES string of the molecule is NCCOC[C@@H]1CCCN1Cc1ccccc1. The molecule has 3 nitrogen and oxygen atoms in total. The van der Waals surface area contributed by atoms with Crippen LogP contribution in [0, 0.1) is 0 Å². The fraction of sp³-hybridized carbons (Fsp3) is 0.571. The zero-order valence-electron chi connectivity index (χ0n) is 10.3. The number of ether oxygens (including phenoxy) is 1. The highest BCUT2D eigenvalue weighted by Crippen LogP contribution is 2.20. The van der Waals surface area contributed by atoms with Crippen LogP contribution in [0.15, 0.2) is 30.3 Å². The molecular weight excluding hydrogens is 212 g/mol. The lowest BCUT2D eigenvalue weighted by Gasteiger charge is -2.24. The summed E-state index contributed by atoms with van der Waals surface area (Å²) < 4.78 is 5.57. The number of likely N-dealkylation sites (tertiary alicyclic amines) is 1. The molecule has 0 unspecified atom stereocenters. The molecule has 1 saturated heterocycles. The standard InChI is InChI=1S/C14H22N2O/c15-8-10-17-12-14-7-4-9-16(14)11-13-5-2-1-3-6-13/h1-3,5-6,14H,4,7-12,15H2/t14-/m0/s1. The van der Waals surface area contributed by atoms with E-state index in [9.17, 15) is 0 Å². The van der Waals surface area contributed by atoms with Crippen molar-refractivity contribution in [1.82, 2.24) is 4.90 Å². The van der Waals surface area contributed by atoms with Gasteiger partial charge in [-0.15, -0.1) is 0 Å². The van der Waals surface area contributed by atoms with Gasteiger partial charge in [0, 0.05) is 19.1 Å². The summed E-state index contributed by atoms with van der Waals surface area (Å²) in [5.41, 5.74) is 6.82. The molecule has 1 aliphatic rings. The molecule has 2 rings (SSSR count). The predicted octanol–water partition coefficient (Wildman–Crippen LogP) is 1.63. The molecule has 0 spiro atoms. The van der Waals surface area contributed by atoms with Gasteiger partial charge in [0.15, 0.2) is 0 Å². The zero-order chi connectivity index (χ0) is 11.9. The van der Waals surface area contributed by atoms with Gasteiger partial charge in [0.2, 0.25) is 0 Å². The second-order valence-electron chi connectivity index (χ2n) is 4.62. The number of rotatable bonds is 6. The minimum absolute atomic E-state index is 0.571. The van der Waals surface area contributed by atoms with Crippen molar-refractivity contribution in [3.8, 4) is 0 Å². The summed E-state index contributed by atoms with van der Waals surface area (Å²) in [6.07, 6.45) is 2.53. The molecule has 0 aliphatic carbocycles. The number of benzene rings is 1. The highest BCUT2D eigenvalue weighted by molar-refractivity contribution is 5.14. The summed E-state index contributed by atoms with van der Waals surface area (Å²) in [4.78, 5) is 2.52. The van der Waals surface area contributed by atoms with Crippen molar-refractivity contribution in [1.29, 1.82) is 0 Å². The number of hydrogen-bond acceptors (Lipinski definition) is 3. The maximum Gasteiger partial charge on any atom is 0.0622 e. The molecule has 0 bridgehead atoms. The van der Waals surface area contributed by atoms with Crippen LogP contribution in [-0.4, -0.2) is 37.2 Å². The van der Waals surface area contributed by atoms with Crippen LogP contribution in [0.1, 0.15) is 18.4 Å². The highest BCUT2D eigenvalue weighted by atomic mass is 16.5. The fourth-order valence-corrected chi connectivity index (χ4v) is 2.41. The van der Waals surface area contributed by atoms with E-state index in [0.29, 0.717) is 19.2 Å². The average molecular weight is 234 g/mol. The Bertz CT molecular complexity index is 315. The maximum absolute atomic E-state index is 5.57. The largest absolute Gasteiger partial charge is 0.379 e. The molecule has 0 amide bonds. The smallest absolute Gasteiger partial charge is 0.0622 e. The molecule has 94 valence electrons. The fourth-order valence-electron chi connectivity index (χ4n) is 2.41. The third-order valence-electron chi connectivity index (χ3n) is 3.30. The second kappa shape index (κ2) is 6.74. The minimum Gasteiger partial charge on any atom is -0.379 e. The van der Waals surface area contributed by atoms with Crippen LogP contribution < -0.4 is 5.73 Å². The van der Waals surface area contributed by atoms with E-state index in [0.717, 1.165) is 13.2 Å². The first kappa shape index (κ1) is 12.6. The predicted molar refractivity (Wildman–Crippen MR) is 69.7 cm³/mol. The molecule has 1 aromatic rings. The summed E-state index contributed by atoms with van der Waals surface area (Å²) in [7, 11) is 0. The van der Waals surface area contributed by atoms with Crippen LogP contribution in [0.25, 0.3) is 0 Å². The molecule has 1 heterocycles. The van der Waals surface area contributed by atoms with Crippen LogP contribution in [0.3, 0.4) is 0 Å². The highest BCUT2D eigenvalue weighted by Gasteiger charge is 2.24. The van der Waals surface area contributed by atoms with Crippen molar-refractivity contribution in [2.45, 2.75) is 25.4 Å². The number of nitrogens with two attached hydrogens (primary N) is 1. The van der Waals surface area contributed by atoms with E-state index in [4.69, 9.17) is 10.5 Å². The molecule has 17 heavy (non-hydrogen) atoms. The summed E-state index contributed by atoms with van der Waals surface area (Å²) in [5.74, 6) is 0. The van der Waals surface area contributed by atoms with Gasteiger partial charge in [-0.3, -0.25) is 4.90 Å². The summed E-state index contributed by atoms with van der Waals surface area (Å²) in [6, 6.07) is 11.2. The van der Waals surface area contributed by atoms with Gasteiger partial charge in [-0.1, -0.05) is 30.3 Å². The van der Waals surface area contributed by atoms with Gasteiger partial charge in [-0.05, 0) is 24.9 Å². The molecule has 1 aliphatic heterocycles. The van der Waals surface area contributed by atoms with Gasteiger partial charge >= 0.3 is 0 Å². The van der Waals surface area contributed by atoms with Crippen molar-refractivity contribution in [2.75, 3.05) is 26.3 Å². The molecule has 2 N–H and O–H groups in total. The van der Waals surface area contributed by atoms with Crippen LogP contribution in [0.2, 0.25) is 0 Å². The van der Waals surface area contributed by atoms with Crippen LogP contribution in [0.4, 0.5) is 0 Å². The quantitative estimate of drug-likeness (QED) is 0.760. The molecule has 0 aromatic heterocycles. The molecule has 0 radical (unpaired) electrons. The van der Waals surface area contributed by atoms with Crippen LogP contribution in [0.5, 0.6) is 0 Å². The molecule has 0 saturated carbocycles. The Morgan fingerprint density at radius 3 is 2.88 bits per heavy atom. The monoisotopic (exact) mass is 234 g/mol. The normalized spacial score (nSPS) is 20.9. The van der Waals surface area contributed by atoms with Gasteiger partial charge in [0.1, 0.15) is 0 Å². The van der Waals surface area contributed by atoms with Crippen molar-refractivity contribution in [3.05, 3.63) is 35.9 Å². The van der Waals surface area contributed by atoms with E-state index in [1.165, 1.54) is 24.9 Å². The van der Waals surface area contributed by atoms with Gasteiger partial charge in [0.05, 0.1) is 13.2 Å². The summed E-state index contributed by atoms with van der Waals surface area (Å²) in [5, 5.41) is 0. The van der Waals surface area contributed by atoms with Gasteiger partial charge in [0.25, 0.3) is 0 Å². The lowest BCUT2D eigenvalue weighted by Crippen LogP contribution is -2.33. The maximum atomic E-state index is 5.57. The molecule has 1 atom stereocenters. The molecule has 3 heteroatoms. The van der Waals surface area contributed by atoms with E-state index in [1.54, 1.807) is 0 Å². The Labute approximate surface area is 104 Å². The lowest BCUT2D eigenvalue weighted by atomic mass is 10.2. The van der Waals surface area contributed by atoms with Crippen molar-refractivity contribution in [2.24, 2.45) is 5.73 Å². The number of hydrogen-bond donors (Lipinski definition) is 1. The van der Waals surface area contributed by atoms with Crippen LogP contribution >= 0.6 is 0 Å². The van der Waals surface area contributed by atoms with E-state index in [1.807, 2.05) is 0 Å². The van der Waals surface area contributed by atoms with Crippen molar-refractivity contribution in [3.63, 3.8) is 0 Å². The van der Waals surface area contributed by atoms with Gasteiger partial charge < -0.3 is 10.5 Å². The summed E-state index contributed by atoms with van der Waals surface area (Å²) >= 11 is 0. The molecule has 1 fully saturated rings. The zero-order valence-corrected chi connectivity index (χ0v) is 10.3. The lowest BCUT2D eigenvalue weighted by molar-refractivity contribution is 0.0789. The Morgan fingerprint density at radius 1 is 1.29 bits per heavy atom. The van der Waals surface area contributed by atoms with Crippen LogP contribution in [-0.2, 0) is 11.3 Å². The first-order valence-corrected chi connectivity index (χ1v) is 6.46. The second-order valence-corrected chi connectivity index (χ2v) is 4.62. The third kappa shape index (κ3) is 3.80. The first-order chi connectivity index (χ1) is 8.40. The van der Waals surface area contributed by atoms with Crippen molar-refractivity contribution < 1.29 is 4.74 Å². The molecular formula is C14H22N2O. The van der Waals surface area contributed by atoms with E-state index in [-0.39, 0.29) is 0 Å². The summed E-state index contributed by atoms with van der Waals surface area (Å²) in [6.45, 7) is 4.34. The van der Waals surface area contributed by atoms with Gasteiger partial charge in [-0.2, -0.15) is 0 Å². The Balaban J connectivity index is 1.82. The van der Waals surface area contributed by atoms with E-state index >= 15 is 0 Å². The third-order valence-corrected chi connectivity index (χ3v) is 3.30. The number of nitrogens with zero attached hydrogens (tertiary/aromatic N) is 1. The topological polar surface area (TPSA) is 38.5 Å². The first-order valence-electron chi connectivity index (χ1n) is 6.46. The van der Waals surface area contributed by atoms with E-state index < -0.39 is 0 Å². The molecule has 1 aromatic carbocycles. The van der Waals surface area contributed by atoms with Crippen molar-refractivity contribution >= 4 is 0 Å². The average Bonchev–Trinajstić information content (AvgIpc) is 2.79. The Kier molecular flexibility index (Phi) is 4.98. The minimum atomic E-state index is 0.571. The van der Waals surface area contributed by atoms with E-state index in [2.05, 4.69) is 35.2 Å². The van der Waals surface area contributed by atoms with Gasteiger partial charge in [-0.25, -0.2) is 0 Å². The Hall–Kier alpha value is -0.900. The Morgan fingerprint density at radius 2 is 2.12 bits per heavy atom.